The largest absolute Gasteiger partial charge is 0.497 e. The van der Waals surface area contributed by atoms with Gasteiger partial charge in [-0.1, -0.05) is 49.4 Å². The van der Waals surface area contributed by atoms with Gasteiger partial charge in [-0.15, -0.1) is 0 Å². The number of hydrogen-bond donors (Lipinski definition) is 1. The average Bonchev–Trinajstić information content (AvgIpc) is 2.87. The van der Waals surface area contributed by atoms with Crippen molar-refractivity contribution in [2.24, 2.45) is 0 Å². The molecule has 0 aliphatic heterocycles. The van der Waals surface area contributed by atoms with Crippen LogP contribution in [0.25, 0.3) is 10.8 Å². The van der Waals surface area contributed by atoms with Crippen LogP contribution in [0.4, 0.5) is 0 Å². The summed E-state index contributed by atoms with van der Waals surface area (Å²) < 4.78 is 33.0. The molecule has 3 rings (SSSR count). The minimum absolute atomic E-state index is 0.102. The van der Waals surface area contributed by atoms with Gasteiger partial charge in [0.2, 0.25) is 21.8 Å². The first-order chi connectivity index (χ1) is 17.6. The van der Waals surface area contributed by atoms with Crippen molar-refractivity contribution in [3.63, 3.8) is 0 Å². The number of sulfonamides is 1. The first kappa shape index (κ1) is 28.1. The summed E-state index contributed by atoms with van der Waals surface area (Å²) in [6, 6.07) is 18.7. The molecule has 9 heteroatoms. The van der Waals surface area contributed by atoms with Gasteiger partial charge in [0, 0.05) is 19.6 Å². The molecule has 0 bridgehead atoms. The Morgan fingerprint density at radius 1 is 0.973 bits per heavy atom. The van der Waals surface area contributed by atoms with E-state index in [4.69, 9.17) is 4.74 Å². The fraction of sp³-hybridized carbons (Fsp3) is 0.357. The van der Waals surface area contributed by atoms with Gasteiger partial charge < -0.3 is 15.0 Å². The van der Waals surface area contributed by atoms with Crippen LogP contribution in [0.2, 0.25) is 0 Å². The van der Waals surface area contributed by atoms with Crippen LogP contribution in [0, 0.1) is 0 Å². The Labute approximate surface area is 219 Å². The number of rotatable bonds is 11. The lowest BCUT2D eigenvalue weighted by atomic mass is 10.1. The van der Waals surface area contributed by atoms with Crippen LogP contribution in [0.3, 0.4) is 0 Å². The van der Waals surface area contributed by atoms with Crippen LogP contribution in [0.15, 0.2) is 71.6 Å². The molecule has 1 atom stereocenters. The van der Waals surface area contributed by atoms with E-state index in [1.807, 2.05) is 57.2 Å². The number of fused-ring (bicyclic) bond motifs is 1. The van der Waals surface area contributed by atoms with E-state index in [2.05, 4.69) is 5.32 Å². The molecule has 0 heterocycles. The summed E-state index contributed by atoms with van der Waals surface area (Å²) in [6.07, 6.45) is 0.370. The highest BCUT2D eigenvalue weighted by Crippen LogP contribution is 2.22. The molecule has 0 spiro atoms. The number of likely N-dealkylation sites (N-methyl/N-ethyl adjacent to an activating group) is 1. The van der Waals surface area contributed by atoms with Crippen molar-refractivity contribution in [2.75, 3.05) is 20.7 Å². The second kappa shape index (κ2) is 12.2. The molecule has 37 heavy (non-hydrogen) atoms. The van der Waals surface area contributed by atoms with Crippen LogP contribution >= 0.6 is 0 Å². The van der Waals surface area contributed by atoms with Gasteiger partial charge in [0.25, 0.3) is 0 Å². The minimum Gasteiger partial charge on any atom is -0.497 e. The molecular formula is C28H35N3O5S. The number of nitrogens with zero attached hydrogens (tertiary/aromatic N) is 2. The number of amides is 2. The molecule has 0 saturated carbocycles. The first-order valence-electron chi connectivity index (χ1n) is 12.2. The summed E-state index contributed by atoms with van der Waals surface area (Å²) >= 11 is 0. The van der Waals surface area contributed by atoms with E-state index < -0.39 is 28.5 Å². The Bertz CT molecular complexity index is 1360. The van der Waals surface area contributed by atoms with Crippen LogP contribution in [-0.2, 0) is 26.2 Å². The lowest BCUT2D eigenvalue weighted by Gasteiger charge is -2.32. The first-order valence-corrected chi connectivity index (χ1v) is 13.7. The molecule has 3 aromatic rings. The van der Waals surface area contributed by atoms with Crippen molar-refractivity contribution in [1.29, 1.82) is 0 Å². The molecule has 8 nitrogen and oxygen atoms in total. The summed E-state index contributed by atoms with van der Waals surface area (Å²) in [5, 5.41) is 4.59. The standard InChI is InChI=1S/C28H35N3O5S/c1-6-26(28(33)29-20(2)3)31(18-21-10-9-13-24(16-21)36-5)27(32)19-30(4)37(34,35)25-15-14-22-11-7-8-12-23(22)17-25/h7-17,20,26H,6,18-19H2,1-5H3,(H,29,33)/t26-/m0/s1. The fourth-order valence-corrected chi connectivity index (χ4v) is 5.30. The number of benzene rings is 3. The number of ether oxygens (including phenoxy) is 1. The van der Waals surface area contributed by atoms with E-state index in [9.17, 15) is 18.0 Å². The quantitative estimate of drug-likeness (QED) is 0.411. The van der Waals surface area contributed by atoms with Crippen LogP contribution in [0.5, 0.6) is 5.75 Å². The Morgan fingerprint density at radius 3 is 2.32 bits per heavy atom. The number of hydrogen-bond acceptors (Lipinski definition) is 5. The smallest absolute Gasteiger partial charge is 0.243 e. The second-order valence-electron chi connectivity index (χ2n) is 9.23. The zero-order valence-electron chi connectivity index (χ0n) is 22.0. The van der Waals surface area contributed by atoms with E-state index in [0.29, 0.717) is 12.2 Å². The number of carbonyl (C=O) groups excluding carboxylic acids is 2. The molecule has 0 aliphatic rings. The van der Waals surface area contributed by atoms with Gasteiger partial charge in [0.05, 0.1) is 18.6 Å². The van der Waals surface area contributed by atoms with Crippen molar-refractivity contribution >= 4 is 32.6 Å². The second-order valence-corrected chi connectivity index (χ2v) is 11.3. The fourth-order valence-electron chi connectivity index (χ4n) is 4.14. The maximum Gasteiger partial charge on any atom is 0.243 e. The number of nitrogens with one attached hydrogen (secondary N) is 1. The van der Waals surface area contributed by atoms with Crippen LogP contribution < -0.4 is 10.1 Å². The highest BCUT2D eigenvalue weighted by Gasteiger charge is 2.32. The molecule has 0 radical (unpaired) electrons. The predicted molar refractivity (Wildman–Crippen MR) is 145 cm³/mol. The maximum atomic E-state index is 13.6. The van der Waals surface area contributed by atoms with Gasteiger partial charge in [-0.2, -0.15) is 4.31 Å². The molecule has 0 saturated heterocycles. The van der Waals surface area contributed by atoms with Crippen molar-refractivity contribution in [3.8, 4) is 5.75 Å². The Kier molecular flexibility index (Phi) is 9.29. The summed E-state index contributed by atoms with van der Waals surface area (Å²) in [5.74, 6) is -0.130. The predicted octanol–water partition coefficient (Wildman–Crippen LogP) is 3.80. The lowest BCUT2D eigenvalue weighted by Crippen LogP contribution is -2.52. The molecule has 2 amide bonds. The van der Waals surface area contributed by atoms with Crippen molar-refractivity contribution < 1.29 is 22.7 Å². The third-order valence-electron chi connectivity index (χ3n) is 6.09. The van der Waals surface area contributed by atoms with E-state index in [1.54, 1.807) is 31.4 Å². The van der Waals surface area contributed by atoms with E-state index in [0.717, 1.165) is 20.6 Å². The van der Waals surface area contributed by atoms with Crippen molar-refractivity contribution in [3.05, 3.63) is 72.3 Å². The molecule has 1 N–H and O–H groups in total. The van der Waals surface area contributed by atoms with E-state index >= 15 is 0 Å². The molecule has 3 aromatic carbocycles. The Balaban J connectivity index is 1.89. The zero-order chi connectivity index (χ0) is 27.2. The number of carbonyl (C=O) groups is 2. The van der Waals surface area contributed by atoms with E-state index in [1.165, 1.54) is 18.0 Å². The lowest BCUT2D eigenvalue weighted by molar-refractivity contribution is -0.141. The molecular weight excluding hydrogens is 490 g/mol. The third kappa shape index (κ3) is 6.87. The van der Waals surface area contributed by atoms with Crippen LogP contribution in [0.1, 0.15) is 32.8 Å². The highest BCUT2D eigenvalue weighted by atomic mass is 32.2. The van der Waals surface area contributed by atoms with Gasteiger partial charge >= 0.3 is 0 Å². The third-order valence-corrected chi connectivity index (χ3v) is 7.89. The monoisotopic (exact) mass is 525 g/mol. The SMILES string of the molecule is CC[C@@H](C(=O)NC(C)C)N(Cc1cccc(OC)c1)C(=O)CN(C)S(=O)(=O)c1ccc2ccccc2c1. The molecule has 0 aliphatic carbocycles. The molecule has 0 unspecified atom stereocenters. The van der Waals surface area contributed by atoms with Gasteiger partial charge in [0.1, 0.15) is 11.8 Å². The van der Waals surface area contributed by atoms with Gasteiger partial charge in [-0.25, -0.2) is 8.42 Å². The van der Waals surface area contributed by atoms with E-state index in [-0.39, 0.29) is 23.4 Å². The van der Waals surface area contributed by atoms with Crippen molar-refractivity contribution in [1.82, 2.24) is 14.5 Å². The highest BCUT2D eigenvalue weighted by molar-refractivity contribution is 7.89. The maximum absolute atomic E-state index is 13.6. The molecule has 198 valence electrons. The minimum atomic E-state index is -3.95. The Morgan fingerprint density at radius 2 is 1.68 bits per heavy atom. The summed E-state index contributed by atoms with van der Waals surface area (Å²) in [6.45, 7) is 5.24. The molecule has 0 aromatic heterocycles. The Hall–Kier alpha value is -3.43. The zero-order valence-corrected chi connectivity index (χ0v) is 22.8. The van der Waals surface area contributed by atoms with Gasteiger partial charge in [0.15, 0.2) is 0 Å². The average molecular weight is 526 g/mol. The topological polar surface area (TPSA) is 96.0 Å². The summed E-state index contributed by atoms with van der Waals surface area (Å²) in [4.78, 5) is 28.2. The molecule has 0 fully saturated rings. The number of methoxy groups -OCH3 is 1. The summed E-state index contributed by atoms with van der Waals surface area (Å²) in [7, 11) is -1.02. The van der Waals surface area contributed by atoms with Crippen LogP contribution in [-0.4, -0.2) is 62.2 Å². The van der Waals surface area contributed by atoms with Gasteiger partial charge in [-0.05, 0) is 60.9 Å². The van der Waals surface area contributed by atoms with Gasteiger partial charge in [-0.3, -0.25) is 9.59 Å². The summed E-state index contributed by atoms with van der Waals surface area (Å²) in [5.41, 5.74) is 0.767. The normalized spacial score (nSPS) is 12.5. The van der Waals surface area contributed by atoms with Crippen molar-refractivity contribution in [2.45, 2.75) is 50.7 Å².